The molecule has 2 aliphatic heterocycles. The van der Waals surface area contributed by atoms with Crippen molar-refractivity contribution in [2.24, 2.45) is 16.7 Å². The lowest BCUT2D eigenvalue weighted by Gasteiger charge is -2.51. The number of para-hydroxylation sites is 2. The Hall–Kier alpha value is -3.87. The van der Waals surface area contributed by atoms with E-state index in [0.29, 0.717) is 31.2 Å². The number of aromatic carboxylic acids is 1. The third-order valence-corrected chi connectivity index (χ3v) is 8.89. The molecule has 0 radical (unpaired) electrons. The quantitative estimate of drug-likeness (QED) is 0.419. The lowest BCUT2D eigenvalue weighted by atomic mass is 9.58. The SMILES string of the molecule is CC1(C)C(c2ccc(C(=O)O)cc2)=CC[C@]2(C)CN(C(=O)C3CCCN(c4nc5ccccc5o4)C3)CC=C12. The van der Waals surface area contributed by atoms with E-state index in [1.807, 2.05) is 41.3 Å². The van der Waals surface area contributed by atoms with Crippen LogP contribution in [0.1, 0.15) is 56.0 Å². The molecule has 1 aliphatic carbocycles. The Morgan fingerprint density at radius 1 is 1.05 bits per heavy atom. The number of hydrogen-bond donors (Lipinski definition) is 1. The number of carbonyl (C=O) groups is 2. The van der Waals surface area contributed by atoms with Crippen LogP contribution in [0.15, 0.2) is 70.7 Å². The summed E-state index contributed by atoms with van der Waals surface area (Å²) in [4.78, 5) is 33.9. The molecule has 1 saturated heterocycles. The molecule has 0 spiro atoms. The molecule has 6 rings (SSSR count). The summed E-state index contributed by atoms with van der Waals surface area (Å²) in [6.45, 7) is 9.52. The van der Waals surface area contributed by atoms with Crippen molar-refractivity contribution in [2.75, 3.05) is 31.1 Å². The molecule has 7 heteroatoms. The van der Waals surface area contributed by atoms with Gasteiger partial charge in [0.1, 0.15) is 5.52 Å². The zero-order chi connectivity index (χ0) is 27.4. The van der Waals surface area contributed by atoms with Gasteiger partial charge in [0.15, 0.2) is 5.58 Å². The lowest BCUT2D eigenvalue weighted by Crippen LogP contribution is -2.52. The third kappa shape index (κ3) is 4.44. The maximum atomic E-state index is 13.8. The fourth-order valence-corrected chi connectivity index (χ4v) is 6.98. The number of benzene rings is 2. The number of carbonyl (C=O) groups excluding carboxylic acids is 1. The Bertz CT molecular complexity index is 1470. The summed E-state index contributed by atoms with van der Waals surface area (Å²) in [5.41, 5.74) is 5.16. The maximum Gasteiger partial charge on any atom is 0.335 e. The van der Waals surface area contributed by atoms with Crippen LogP contribution in [-0.4, -0.2) is 53.0 Å². The van der Waals surface area contributed by atoms with Crippen molar-refractivity contribution in [3.8, 4) is 0 Å². The number of piperidine rings is 1. The minimum absolute atomic E-state index is 0.0808. The second kappa shape index (κ2) is 9.40. The van der Waals surface area contributed by atoms with Crippen LogP contribution in [0.25, 0.3) is 16.7 Å². The van der Waals surface area contributed by atoms with Crippen molar-refractivity contribution in [1.29, 1.82) is 0 Å². The first-order valence-electron chi connectivity index (χ1n) is 13.8. The first kappa shape index (κ1) is 25.4. The fraction of sp³-hybridized carbons (Fsp3) is 0.406. The molecule has 2 atom stereocenters. The van der Waals surface area contributed by atoms with Crippen LogP contribution in [0.4, 0.5) is 6.01 Å². The van der Waals surface area contributed by atoms with Crippen LogP contribution in [0.2, 0.25) is 0 Å². The van der Waals surface area contributed by atoms with Crippen molar-refractivity contribution in [3.63, 3.8) is 0 Å². The minimum atomic E-state index is -0.916. The molecule has 0 saturated carbocycles. The van der Waals surface area contributed by atoms with Crippen LogP contribution >= 0.6 is 0 Å². The summed E-state index contributed by atoms with van der Waals surface area (Å²) in [6, 6.07) is 15.5. The molecule has 3 heterocycles. The Balaban J connectivity index is 1.19. The van der Waals surface area contributed by atoms with Gasteiger partial charge in [-0.25, -0.2) is 4.79 Å². The summed E-state index contributed by atoms with van der Waals surface area (Å²) in [5.74, 6) is -0.785. The van der Waals surface area contributed by atoms with Gasteiger partial charge in [0.05, 0.1) is 11.5 Å². The molecular weight excluding hydrogens is 490 g/mol. The molecule has 3 aliphatic rings. The van der Waals surface area contributed by atoms with Gasteiger partial charge in [0.2, 0.25) is 5.91 Å². The Labute approximate surface area is 228 Å². The highest BCUT2D eigenvalue weighted by atomic mass is 16.4. The predicted molar refractivity (Wildman–Crippen MR) is 151 cm³/mol. The molecule has 2 aromatic carbocycles. The highest BCUT2D eigenvalue weighted by Gasteiger charge is 2.47. The van der Waals surface area contributed by atoms with Gasteiger partial charge in [-0.3, -0.25) is 4.79 Å². The van der Waals surface area contributed by atoms with Crippen LogP contribution < -0.4 is 4.90 Å². The van der Waals surface area contributed by atoms with Crippen molar-refractivity contribution in [2.45, 2.75) is 40.0 Å². The summed E-state index contributed by atoms with van der Waals surface area (Å²) >= 11 is 0. The van der Waals surface area contributed by atoms with E-state index in [4.69, 9.17) is 4.42 Å². The topological polar surface area (TPSA) is 86.9 Å². The van der Waals surface area contributed by atoms with Crippen LogP contribution in [0.3, 0.4) is 0 Å². The monoisotopic (exact) mass is 525 g/mol. The van der Waals surface area contributed by atoms with Crippen LogP contribution in [0.5, 0.6) is 0 Å². The summed E-state index contributed by atoms with van der Waals surface area (Å²) in [7, 11) is 0. The van der Waals surface area contributed by atoms with Gasteiger partial charge >= 0.3 is 5.97 Å². The number of aromatic nitrogens is 1. The zero-order valence-electron chi connectivity index (χ0n) is 22.8. The number of amides is 1. The highest BCUT2D eigenvalue weighted by molar-refractivity contribution is 5.88. The normalized spacial score (nSPS) is 24.6. The minimum Gasteiger partial charge on any atom is -0.478 e. The van der Waals surface area contributed by atoms with Gasteiger partial charge in [-0.2, -0.15) is 4.98 Å². The number of anilines is 1. The largest absolute Gasteiger partial charge is 0.478 e. The number of fused-ring (bicyclic) bond motifs is 2. The fourth-order valence-electron chi connectivity index (χ4n) is 6.98. The average molecular weight is 526 g/mol. The van der Waals surface area contributed by atoms with Crippen LogP contribution in [-0.2, 0) is 4.79 Å². The van der Waals surface area contributed by atoms with Gasteiger partial charge in [0, 0.05) is 37.0 Å². The molecule has 39 heavy (non-hydrogen) atoms. The Kier molecular flexibility index (Phi) is 6.12. The van der Waals surface area contributed by atoms with E-state index in [1.165, 1.54) is 11.1 Å². The van der Waals surface area contributed by atoms with E-state index >= 15 is 0 Å². The van der Waals surface area contributed by atoms with Gasteiger partial charge in [-0.15, -0.1) is 0 Å². The standard InChI is InChI=1S/C32H35N3O4/c1-31(2)24(21-10-12-22(13-11-21)29(37)38)14-16-32(3)20-35(18-15-27(31)32)28(36)23-7-6-17-34(19-23)30-33-25-8-4-5-9-26(25)39-30/h4-5,8-15,23H,6-7,16-20H2,1-3H3,(H,37,38)/t23?,32-/m1/s1. The number of nitrogens with zero attached hydrogens (tertiary/aromatic N) is 3. The van der Waals surface area contributed by atoms with Gasteiger partial charge in [-0.05, 0) is 54.7 Å². The molecule has 202 valence electrons. The third-order valence-electron chi connectivity index (χ3n) is 8.89. The zero-order valence-corrected chi connectivity index (χ0v) is 22.8. The van der Waals surface area contributed by atoms with Crippen molar-refractivity contribution in [3.05, 3.63) is 77.4 Å². The van der Waals surface area contributed by atoms with Crippen molar-refractivity contribution in [1.82, 2.24) is 9.88 Å². The van der Waals surface area contributed by atoms with E-state index in [0.717, 1.165) is 42.5 Å². The molecular formula is C32H35N3O4. The van der Waals surface area contributed by atoms with Gasteiger partial charge in [-0.1, -0.05) is 62.8 Å². The van der Waals surface area contributed by atoms with E-state index in [1.54, 1.807) is 12.1 Å². The smallest absolute Gasteiger partial charge is 0.335 e. The number of allylic oxidation sites excluding steroid dienone is 2. The van der Waals surface area contributed by atoms with Gasteiger partial charge < -0.3 is 19.3 Å². The first-order valence-corrected chi connectivity index (χ1v) is 13.8. The molecule has 1 fully saturated rings. The van der Waals surface area contributed by atoms with E-state index < -0.39 is 5.97 Å². The number of carboxylic acids is 1. The summed E-state index contributed by atoms with van der Waals surface area (Å²) in [5, 5.41) is 9.28. The number of carboxylic acid groups (broad SMARTS) is 1. The lowest BCUT2D eigenvalue weighted by molar-refractivity contribution is -0.137. The maximum absolute atomic E-state index is 13.8. The molecule has 1 aromatic heterocycles. The van der Waals surface area contributed by atoms with Crippen molar-refractivity contribution >= 4 is 34.6 Å². The molecule has 1 unspecified atom stereocenters. The van der Waals surface area contributed by atoms with Crippen molar-refractivity contribution < 1.29 is 19.1 Å². The summed E-state index contributed by atoms with van der Waals surface area (Å²) < 4.78 is 6.00. The molecule has 3 aromatic rings. The number of hydrogen-bond acceptors (Lipinski definition) is 5. The Morgan fingerprint density at radius 3 is 2.56 bits per heavy atom. The highest BCUT2D eigenvalue weighted by Crippen LogP contribution is 2.55. The van der Waals surface area contributed by atoms with E-state index in [-0.39, 0.29) is 22.7 Å². The number of oxazole rings is 1. The molecule has 7 nitrogen and oxygen atoms in total. The predicted octanol–water partition coefficient (Wildman–Crippen LogP) is 6.03. The number of rotatable bonds is 4. The second-order valence-electron chi connectivity index (χ2n) is 12.0. The Morgan fingerprint density at radius 2 is 1.82 bits per heavy atom. The molecule has 1 amide bonds. The van der Waals surface area contributed by atoms with E-state index in [2.05, 4.69) is 42.8 Å². The summed E-state index contributed by atoms with van der Waals surface area (Å²) in [6.07, 6.45) is 7.20. The first-order chi connectivity index (χ1) is 18.7. The average Bonchev–Trinajstić information content (AvgIpc) is 3.37. The second-order valence-corrected chi connectivity index (χ2v) is 12.0. The van der Waals surface area contributed by atoms with Crippen LogP contribution in [0, 0.1) is 16.7 Å². The molecule has 1 N–H and O–H groups in total. The van der Waals surface area contributed by atoms with E-state index in [9.17, 15) is 14.7 Å². The molecule has 0 bridgehead atoms. The van der Waals surface area contributed by atoms with Gasteiger partial charge in [0.25, 0.3) is 6.01 Å².